The van der Waals surface area contributed by atoms with E-state index in [-0.39, 0.29) is 6.10 Å². The predicted molar refractivity (Wildman–Crippen MR) is 96.0 cm³/mol. The van der Waals surface area contributed by atoms with Gasteiger partial charge in [-0.1, -0.05) is 55.0 Å². The van der Waals surface area contributed by atoms with Crippen LogP contribution < -0.4 is 5.19 Å². The third kappa shape index (κ3) is 4.42. The molecule has 1 saturated carbocycles. The van der Waals surface area contributed by atoms with E-state index in [1.165, 1.54) is 11.6 Å². The quantitative estimate of drug-likeness (QED) is 0.448. The number of benzene rings is 1. The molecule has 4 heteroatoms. The molecule has 0 amide bonds. The minimum Gasteiger partial charge on any atom is -0.293 e. The van der Waals surface area contributed by atoms with E-state index < -0.39 is 14.0 Å². The van der Waals surface area contributed by atoms with Crippen LogP contribution in [0.4, 0.5) is 0 Å². The highest BCUT2D eigenvalue weighted by Crippen LogP contribution is 2.26. The van der Waals surface area contributed by atoms with Gasteiger partial charge in [-0.2, -0.15) is 4.89 Å². The van der Waals surface area contributed by atoms with Gasteiger partial charge in [-0.15, -0.1) is 13.2 Å². The van der Waals surface area contributed by atoms with E-state index in [9.17, 15) is 4.79 Å². The summed E-state index contributed by atoms with van der Waals surface area (Å²) in [6.45, 7) is 12.2. The lowest BCUT2D eigenvalue weighted by Crippen LogP contribution is -2.40. The van der Waals surface area contributed by atoms with Gasteiger partial charge in [0, 0.05) is 0 Å². The van der Waals surface area contributed by atoms with Crippen LogP contribution in [0.2, 0.25) is 6.55 Å². The highest BCUT2D eigenvalue weighted by Gasteiger charge is 2.24. The van der Waals surface area contributed by atoms with Crippen LogP contribution >= 0.6 is 0 Å². The molecule has 2 unspecified atom stereocenters. The second-order valence-electron chi connectivity index (χ2n) is 6.63. The summed E-state index contributed by atoms with van der Waals surface area (Å²) in [7, 11) is -1.84. The first-order chi connectivity index (χ1) is 11.0. The van der Waals surface area contributed by atoms with E-state index in [1.54, 1.807) is 12.1 Å². The Morgan fingerprint density at radius 1 is 1.22 bits per heavy atom. The molecule has 3 nitrogen and oxygen atoms in total. The molecule has 2 rings (SSSR count). The molecule has 0 spiro atoms. The van der Waals surface area contributed by atoms with E-state index in [0.29, 0.717) is 11.5 Å². The minimum absolute atomic E-state index is 0.0270. The smallest absolute Gasteiger partial charge is 0.293 e. The van der Waals surface area contributed by atoms with Gasteiger partial charge in [0.1, 0.15) is 14.2 Å². The van der Waals surface area contributed by atoms with Crippen molar-refractivity contribution in [1.82, 2.24) is 0 Å². The second-order valence-corrected chi connectivity index (χ2v) is 10.6. The number of hydrogen-bond acceptors (Lipinski definition) is 3. The summed E-state index contributed by atoms with van der Waals surface area (Å²) in [4.78, 5) is 22.5. The standard InChI is InChI=1S/C19H26O3Si/c1-5-23(4,6-2)18-12-10-16(11-13-18)19(20)22-21-17-9-7-8-15(3)14-17/h5-6,10-13,15,17H,1-2,7-9,14H2,3-4H3. The topological polar surface area (TPSA) is 35.5 Å². The zero-order valence-electron chi connectivity index (χ0n) is 14.1. The summed E-state index contributed by atoms with van der Waals surface area (Å²) < 4.78 is 0. The summed E-state index contributed by atoms with van der Waals surface area (Å²) in [6.07, 6.45) is 4.29. The number of carbonyl (C=O) groups is 1. The Morgan fingerprint density at radius 3 is 2.43 bits per heavy atom. The van der Waals surface area contributed by atoms with Crippen LogP contribution in [0.25, 0.3) is 0 Å². The molecule has 0 aromatic heterocycles. The van der Waals surface area contributed by atoms with Gasteiger partial charge in [-0.3, -0.25) is 4.89 Å². The molecule has 124 valence electrons. The third-order valence-electron chi connectivity index (χ3n) is 4.74. The van der Waals surface area contributed by atoms with E-state index in [4.69, 9.17) is 9.78 Å². The molecular weight excluding hydrogens is 304 g/mol. The van der Waals surface area contributed by atoms with Crippen molar-refractivity contribution in [1.29, 1.82) is 0 Å². The summed E-state index contributed by atoms with van der Waals surface area (Å²) in [6, 6.07) is 7.47. The molecule has 1 aromatic rings. The second kappa shape index (κ2) is 7.75. The molecule has 0 radical (unpaired) electrons. The zero-order valence-corrected chi connectivity index (χ0v) is 15.1. The van der Waals surface area contributed by atoms with Crippen LogP contribution in [0.5, 0.6) is 0 Å². The van der Waals surface area contributed by atoms with Gasteiger partial charge in [0.05, 0.1) is 5.56 Å². The van der Waals surface area contributed by atoms with Gasteiger partial charge in [0.2, 0.25) is 0 Å². The van der Waals surface area contributed by atoms with Crippen molar-refractivity contribution in [2.75, 3.05) is 0 Å². The Balaban J connectivity index is 1.95. The molecule has 0 heterocycles. The van der Waals surface area contributed by atoms with Gasteiger partial charge in [-0.25, -0.2) is 4.79 Å². The van der Waals surface area contributed by atoms with Crippen molar-refractivity contribution < 1.29 is 14.6 Å². The van der Waals surface area contributed by atoms with Gasteiger partial charge >= 0.3 is 5.97 Å². The minimum atomic E-state index is -1.84. The van der Waals surface area contributed by atoms with E-state index >= 15 is 0 Å². The molecular formula is C19H26O3Si. The summed E-state index contributed by atoms with van der Waals surface area (Å²) in [5, 5.41) is 1.17. The Kier molecular flexibility index (Phi) is 5.96. The molecule has 1 aliphatic carbocycles. The van der Waals surface area contributed by atoms with E-state index in [1.807, 2.05) is 23.5 Å². The molecule has 1 aliphatic rings. The van der Waals surface area contributed by atoms with Crippen LogP contribution in [0.3, 0.4) is 0 Å². The highest BCUT2D eigenvalue weighted by atomic mass is 28.3. The van der Waals surface area contributed by atoms with Gasteiger partial charge < -0.3 is 0 Å². The van der Waals surface area contributed by atoms with Gasteiger partial charge in [0.15, 0.2) is 0 Å². The number of carbonyl (C=O) groups excluding carboxylic acids is 1. The predicted octanol–water partition coefficient (Wildman–Crippen LogP) is 4.09. The lowest BCUT2D eigenvalue weighted by molar-refractivity contribution is -0.281. The first kappa shape index (κ1) is 17.7. The zero-order chi connectivity index (χ0) is 16.9. The third-order valence-corrected chi connectivity index (χ3v) is 8.01. The van der Waals surface area contributed by atoms with Crippen molar-refractivity contribution in [3.63, 3.8) is 0 Å². The number of hydrogen-bond donors (Lipinski definition) is 0. The molecule has 23 heavy (non-hydrogen) atoms. The van der Waals surface area contributed by atoms with Gasteiger partial charge in [-0.05, 0) is 30.9 Å². The van der Waals surface area contributed by atoms with Crippen molar-refractivity contribution >= 4 is 19.2 Å². The fourth-order valence-electron chi connectivity index (χ4n) is 2.91. The Hall–Kier alpha value is -1.65. The lowest BCUT2D eigenvalue weighted by atomic mass is 9.89. The highest BCUT2D eigenvalue weighted by molar-refractivity contribution is 6.98. The summed E-state index contributed by atoms with van der Waals surface area (Å²) in [5.74, 6) is 0.197. The van der Waals surface area contributed by atoms with Crippen LogP contribution in [-0.4, -0.2) is 20.1 Å². The fraction of sp³-hybridized carbons (Fsp3) is 0.421. The van der Waals surface area contributed by atoms with Gasteiger partial charge in [0.25, 0.3) is 0 Å². The van der Waals surface area contributed by atoms with Crippen LogP contribution in [0, 0.1) is 5.92 Å². The Labute approximate surface area is 139 Å². The summed E-state index contributed by atoms with van der Waals surface area (Å²) in [5.41, 5.74) is 4.45. The van der Waals surface area contributed by atoms with Crippen molar-refractivity contribution in [2.45, 2.75) is 45.3 Å². The molecule has 0 N–H and O–H groups in total. The Bertz CT molecular complexity index is 556. The molecule has 0 aliphatic heterocycles. The summed E-state index contributed by atoms with van der Waals surface area (Å²) >= 11 is 0. The molecule has 0 bridgehead atoms. The van der Waals surface area contributed by atoms with Crippen molar-refractivity contribution in [3.8, 4) is 0 Å². The lowest BCUT2D eigenvalue weighted by Gasteiger charge is -2.25. The first-order valence-electron chi connectivity index (χ1n) is 8.24. The van der Waals surface area contributed by atoms with Crippen molar-refractivity contribution in [3.05, 3.63) is 54.4 Å². The average Bonchev–Trinajstić information content (AvgIpc) is 2.59. The normalized spacial score (nSPS) is 21.5. The molecule has 1 aromatic carbocycles. The maximum Gasteiger partial charge on any atom is 0.373 e. The van der Waals surface area contributed by atoms with Crippen molar-refractivity contribution in [2.24, 2.45) is 5.92 Å². The first-order valence-corrected chi connectivity index (χ1v) is 10.9. The average molecular weight is 331 g/mol. The Morgan fingerprint density at radius 2 is 1.87 bits per heavy atom. The fourth-order valence-corrected chi connectivity index (χ4v) is 4.43. The molecule has 1 fully saturated rings. The van der Waals surface area contributed by atoms with E-state index in [2.05, 4.69) is 26.6 Å². The number of rotatable bonds is 6. The molecule has 0 saturated heterocycles. The SMILES string of the molecule is C=C[Si](C)(C=C)c1ccc(C(=O)OOC2CCCC(C)C2)cc1. The van der Waals surface area contributed by atoms with E-state index in [0.717, 1.165) is 19.3 Å². The maximum absolute atomic E-state index is 12.1. The van der Waals surface area contributed by atoms with Crippen LogP contribution in [0.1, 0.15) is 43.0 Å². The largest absolute Gasteiger partial charge is 0.373 e. The van der Waals surface area contributed by atoms with Crippen LogP contribution in [-0.2, 0) is 9.78 Å². The monoisotopic (exact) mass is 330 g/mol. The van der Waals surface area contributed by atoms with Crippen LogP contribution in [0.15, 0.2) is 48.8 Å². The molecule has 2 atom stereocenters. The maximum atomic E-state index is 12.1.